The smallest absolute Gasteiger partial charge is 0.123 e. The van der Waals surface area contributed by atoms with Crippen molar-refractivity contribution >= 4 is 15.9 Å². The molecular formula is C16H24BrNO2. The molecule has 0 saturated heterocycles. The van der Waals surface area contributed by atoms with Gasteiger partial charge in [0.25, 0.3) is 0 Å². The van der Waals surface area contributed by atoms with E-state index in [0.29, 0.717) is 18.4 Å². The molecule has 0 heterocycles. The van der Waals surface area contributed by atoms with E-state index < -0.39 is 0 Å². The molecule has 0 radical (unpaired) electrons. The molecule has 2 N–H and O–H groups in total. The number of rotatable bonds is 6. The van der Waals surface area contributed by atoms with Crippen molar-refractivity contribution in [2.45, 2.75) is 32.2 Å². The average molecular weight is 342 g/mol. The highest BCUT2D eigenvalue weighted by atomic mass is 79.9. The lowest BCUT2D eigenvalue weighted by molar-refractivity contribution is 0.133. The molecule has 20 heavy (non-hydrogen) atoms. The summed E-state index contributed by atoms with van der Waals surface area (Å²) >= 11 is 3.50. The predicted octanol–water partition coefficient (Wildman–Crippen LogP) is 3.35. The Kier molecular flexibility index (Phi) is 6.33. The molecule has 3 nitrogen and oxygen atoms in total. The van der Waals surface area contributed by atoms with Crippen molar-refractivity contribution in [3.8, 4) is 5.75 Å². The lowest BCUT2D eigenvalue weighted by atomic mass is 9.79. The minimum Gasteiger partial charge on any atom is -0.496 e. The minimum atomic E-state index is 0.326. The maximum atomic E-state index is 9.44. The number of benzene rings is 1. The summed E-state index contributed by atoms with van der Waals surface area (Å²) < 4.78 is 6.45. The van der Waals surface area contributed by atoms with E-state index in [2.05, 4.69) is 27.3 Å². The van der Waals surface area contributed by atoms with Crippen molar-refractivity contribution < 1.29 is 9.84 Å². The van der Waals surface area contributed by atoms with Crippen molar-refractivity contribution in [2.75, 3.05) is 20.3 Å². The van der Waals surface area contributed by atoms with Gasteiger partial charge in [0.1, 0.15) is 5.75 Å². The van der Waals surface area contributed by atoms with Crippen molar-refractivity contribution in [3.05, 3.63) is 28.2 Å². The zero-order chi connectivity index (χ0) is 14.4. The summed E-state index contributed by atoms with van der Waals surface area (Å²) in [5, 5.41) is 13.0. The molecule has 1 aliphatic carbocycles. The predicted molar refractivity (Wildman–Crippen MR) is 84.9 cm³/mol. The third kappa shape index (κ3) is 4.21. The number of aliphatic hydroxyl groups is 1. The Bertz CT molecular complexity index is 425. The quantitative estimate of drug-likeness (QED) is 0.833. The van der Waals surface area contributed by atoms with E-state index in [9.17, 15) is 5.11 Å². The van der Waals surface area contributed by atoms with Crippen LogP contribution in [-0.4, -0.2) is 25.4 Å². The van der Waals surface area contributed by atoms with Gasteiger partial charge in [-0.3, -0.25) is 0 Å². The molecule has 1 aliphatic rings. The normalized spacial score (nSPS) is 22.8. The second-order valence-electron chi connectivity index (χ2n) is 5.57. The Balaban J connectivity index is 1.87. The SMILES string of the molecule is COc1ccc(Br)cc1CNCC1CCCCC1CO. The fourth-order valence-corrected chi connectivity index (χ4v) is 3.48. The summed E-state index contributed by atoms with van der Waals surface area (Å²) in [5.74, 6) is 2.00. The number of halogens is 1. The Hall–Kier alpha value is -0.580. The molecule has 1 saturated carbocycles. The van der Waals surface area contributed by atoms with Crippen LogP contribution in [-0.2, 0) is 6.54 Å². The van der Waals surface area contributed by atoms with E-state index in [-0.39, 0.29) is 0 Å². The van der Waals surface area contributed by atoms with Crippen LogP contribution in [0.1, 0.15) is 31.2 Å². The summed E-state index contributed by atoms with van der Waals surface area (Å²) in [5.41, 5.74) is 1.17. The van der Waals surface area contributed by atoms with E-state index in [0.717, 1.165) is 23.3 Å². The average Bonchev–Trinajstić information content (AvgIpc) is 2.48. The van der Waals surface area contributed by atoms with Crippen molar-refractivity contribution in [1.82, 2.24) is 5.32 Å². The molecule has 0 amide bonds. The van der Waals surface area contributed by atoms with Crippen LogP contribution < -0.4 is 10.1 Å². The fraction of sp³-hybridized carbons (Fsp3) is 0.625. The van der Waals surface area contributed by atoms with Crippen LogP contribution in [0.4, 0.5) is 0 Å². The van der Waals surface area contributed by atoms with Gasteiger partial charge in [0.05, 0.1) is 7.11 Å². The van der Waals surface area contributed by atoms with Crippen LogP contribution >= 0.6 is 15.9 Å². The Morgan fingerprint density at radius 1 is 1.30 bits per heavy atom. The molecule has 2 atom stereocenters. The van der Waals surface area contributed by atoms with E-state index in [1.165, 1.54) is 31.2 Å². The van der Waals surface area contributed by atoms with Crippen molar-refractivity contribution in [3.63, 3.8) is 0 Å². The minimum absolute atomic E-state index is 0.326. The van der Waals surface area contributed by atoms with Gasteiger partial charge in [0.15, 0.2) is 0 Å². The number of nitrogens with one attached hydrogen (secondary N) is 1. The third-order valence-electron chi connectivity index (χ3n) is 4.27. The number of methoxy groups -OCH3 is 1. The van der Waals surface area contributed by atoms with Crippen LogP contribution in [0, 0.1) is 11.8 Å². The van der Waals surface area contributed by atoms with Crippen LogP contribution in [0.25, 0.3) is 0 Å². The highest BCUT2D eigenvalue weighted by Gasteiger charge is 2.23. The molecule has 0 spiro atoms. The summed E-state index contributed by atoms with van der Waals surface area (Å²) in [7, 11) is 1.70. The molecule has 2 unspecified atom stereocenters. The van der Waals surface area contributed by atoms with Crippen LogP contribution in [0.2, 0.25) is 0 Å². The van der Waals surface area contributed by atoms with E-state index in [1.54, 1.807) is 7.11 Å². The van der Waals surface area contributed by atoms with Gasteiger partial charge in [-0.2, -0.15) is 0 Å². The highest BCUT2D eigenvalue weighted by molar-refractivity contribution is 9.10. The Morgan fingerprint density at radius 2 is 2.05 bits per heavy atom. The lowest BCUT2D eigenvalue weighted by Crippen LogP contribution is -2.32. The topological polar surface area (TPSA) is 41.5 Å². The van der Waals surface area contributed by atoms with E-state index in [4.69, 9.17) is 4.74 Å². The molecule has 0 aromatic heterocycles. The lowest BCUT2D eigenvalue weighted by Gasteiger charge is -2.30. The van der Waals surface area contributed by atoms with Gasteiger partial charge in [-0.05, 0) is 49.4 Å². The second kappa shape index (κ2) is 8.01. The number of hydrogen-bond donors (Lipinski definition) is 2. The second-order valence-corrected chi connectivity index (χ2v) is 6.49. The van der Waals surface area contributed by atoms with Crippen molar-refractivity contribution in [2.24, 2.45) is 11.8 Å². The first-order chi connectivity index (χ1) is 9.74. The van der Waals surface area contributed by atoms with Gasteiger partial charge in [-0.25, -0.2) is 0 Å². The number of aliphatic hydroxyl groups excluding tert-OH is 1. The van der Waals surface area contributed by atoms with Gasteiger partial charge >= 0.3 is 0 Å². The largest absolute Gasteiger partial charge is 0.496 e. The first kappa shape index (κ1) is 15.8. The van der Waals surface area contributed by atoms with Gasteiger partial charge in [-0.1, -0.05) is 28.8 Å². The molecule has 1 aromatic rings. The third-order valence-corrected chi connectivity index (χ3v) is 4.76. The summed E-state index contributed by atoms with van der Waals surface area (Å²) in [6, 6.07) is 6.07. The molecule has 2 rings (SSSR count). The van der Waals surface area contributed by atoms with Gasteiger partial charge in [-0.15, -0.1) is 0 Å². The van der Waals surface area contributed by atoms with Crippen LogP contribution in [0.15, 0.2) is 22.7 Å². The maximum absolute atomic E-state index is 9.44. The van der Waals surface area contributed by atoms with Crippen molar-refractivity contribution in [1.29, 1.82) is 0 Å². The molecular weight excluding hydrogens is 318 g/mol. The van der Waals surface area contributed by atoms with E-state index >= 15 is 0 Å². The monoisotopic (exact) mass is 341 g/mol. The molecule has 0 bridgehead atoms. The van der Waals surface area contributed by atoms with Crippen LogP contribution in [0.5, 0.6) is 5.75 Å². The molecule has 1 aromatic carbocycles. The Labute approximate surface area is 129 Å². The number of ether oxygens (including phenoxy) is 1. The highest BCUT2D eigenvalue weighted by Crippen LogP contribution is 2.29. The standard InChI is InChI=1S/C16H24BrNO2/c1-20-16-7-6-15(17)8-14(16)10-18-9-12-4-2-3-5-13(12)11-19/h6-8,12-13,18-19H,2-5,9-11H2,1H3. The first-order valence-corrected chi connectivity index (χ1v) is 8.18. The molecule has 4 heteroatoms. The Morgan fingerprint density at radius 3 is 2.75 bits per heavy atom. The summed E-state index contributed by atoms with van der Waals surface area (Å²) in [4.78, 5) is 0. The summed E-state index contributed by atoms with van der Waals surface area (Å²) in [6.07, 6.45) is 4.96. The zero-order valence-electron chi connectivity index (χ0n) is 12.1. The zero-order valence-corrected chi connectivity index (χ0v) is 13.7. The van der Waals surface area contributed by atoms with E-state index in [1.807, 2.05) is 12.1 Å². The van der Waals surface area contributed by atoms with Gasteiger partial charge in [0.2, 0.25) is 0 Å². The van der Waals surface area contributed by atoms with Gasteiger partial charge < -0.3 is 15.2 Å². The molecule has 112 valence electrons. The number of hydrogen-bond acceptors (Lipinski definition) is 3. The molecule has 0 aliphatic heterocycles. The van der Waals surface area contributed by atoms with Gasteiger partial charge in [0, 0.05) is 23.2 Å². The first-order valence-electron chi connectivity index (χ1n) is 7.38. The molecule has 1 fully saturated rings. The maximum Gasteiger partial charge on any atom is 0.123 e. The van der Waals surface area contributed by atoms with Crippen LogP contribution in [0.3, 0.4) is 0 Å². The summed E-state index contributed by atoms with van der Waals surface area (Å²) in [6.45, 7) is 2.10. The fourth-order valence-electron chi connectivity index (χ4n) is 3.07.